The van der Waals surface area contributed by atoms with Gasteiger partial charge in [-0.1, -0.05) is 36.4 Å². The standard InChI is InChI=1S/C14H11FO/c15-13-3-1-2-12(10-13)5-4-11-6-8-14(16)9-7-11/h1-10,16H/b5-4+. The molecule has 0 amide bonds. The van der Waals surface area contributed by atoms with Crippen LogP contribution in [0.15, 0.2) is 48.5 Å². The molecule has 0 saturated heterocycles. The van der Waals surface area contributed by atoms with Gasteiger partial charge in [0.25, 0.3) is 0 Å². The third kappa shape index (κ3) is 2.70. The molecule has 0 aliphatic carbocycles. The number of aromatic hydroxyl groups is 1. The average Bonchev–Trinajstić information content (AvgIpc) is 2.28. The number of halogens is 1. The van der Waals surface area contributed by atoms with E-state index >= 15 is 0 Å². The normalized spacial score (nSPS) is 10.8. The SMILES string of the molecule is Oc1ccc(/C=C/c2cccc(F)c2)cc1. The average molecular weight is 214 g/mol. The van der Waals surface area contributed by atoms with Gasteiger partial charge in [-0.2, -0.15) is 0 Å². The lowest BCUT2D eigenvalue weighted by molar-refractivity contribution is 0.475. The van der Waals surface area contributed by atoms with Crippen LogP contribution in [0.2, 0.25) is 0 Å². The molecule has 0 atom stereocenters. The highest BCUT2D eigenvalue weighted by molar-refractivity contribution is 5.69. The van der Waals surface area contributed by atoms with Gasteiger partial charge in [0.15, 0.2) is 0 Å². The largest absolute Gasteiger partial charge is 0.508 e. The predicted octanol–water partition coefficient (Wildman–Crippen LogP) is 3.70. The highest BCUT2D eigenvalue weighted by Crippen LogP contribution is 2.13. The molecule has 2 aromatic rings. The highest BCUT2D eigenvalue weighted by atomic mass is 19.1. The molecule has 0 heterocycles. The van der Waals surface area contributed by atoms with Gasteiger partial charge >= 0.3 is 0 Å². The molecular weight excluding hydrogens is 203 g/mol. The molecule has 0 aromatic heterocycles. The Balaban J connectivity index is 2.18. The predicted molar refractivity (Wildman–Crippen MR) is 63.4 cm³/mol. The lowest BCUT2D eigenvalue weighted by atomic mass is 10.1. The summed E-state index contributed by atoms with van der Waals surface area (Å²) in [5.41, 5.74) is 1.77. The number of hydrogen-bond donors (Lipinski definition) is 1. The maximum atomic E-state index is 12.9. The fraction of sp³-hybridized carbons (Fsp3) is 0. The van der Waals surface area contributed by atoms with Crippen molar-refractivity contribution in [1.29, 1.82) is 0 Å². The molecule has 80 valence electrons. The summed E-state index contributed by atoms with van der Waals surface area (Å²) in [5, 5.41) is 9.10. The molecule has 0 saturated carbocycles. The molecule has 0 spiro atoms. The number of benzene rings is 2. The second kappa shape index (κ2) is 4.62. The van der Waals surface area contributed by atoms with Crippen LogP contribution in [0, 0.1) is 5.82 Å². The van der Waals surface area contributed by atoms with Gasteiger partial charge in [-0.25, -0.2) is 4.39 Å². The summed E-state index contributed by atoms with van der Waals surface area (Å²) in [5.74, 6) is -0.00392. The van der Waals surface area contributed by atoms with Crippen molar-refractivity contribution in [3.05, 3.63) is 65.5 Å². The Labute approximate surface area is 93.5 Å². The van der Waals surface area contributed by atoms with Crippen LogP contribution < -0.4 is 0 Å². The number of phenolic OH excluding ortho intramolecular Hbond substituents is 1. The molecule has 0 aliphatic rings. The van der Waals surface area contributed by atoms with Gasteiger partial charge in [-0.3, -0.25) is 0 Å². The summed E-state index contributed by atoms with van der Waals surface area (Å²) >= 11 is 0. The first kappa shape index (κ1) is 10.4. The van der Waals surface area contributed by atoms with Crippen LogP contribution in [0.5, 0.6) is 5.75 Å². The van der Waals surface area contributed by atoms with Crippen molar-refractivity contribution in [2.75, 3.05) is 0 Å². The smallest absolute Gasteiger partial charge is 0.123 e. The summed E-state index contributed by atoms with van der Waals surface area (Å²) in [6.45, 7) is 0. The highest BCUT2D eigenvalue weighted by Gasteiger charge is 1.91. The minimum absolute atomic E-state index is 0.239. The summed E-state index contributed by atoms with van der Waals surface area (Å²) in [6, 6.07) is 13.2. The maximum Gasteiger partial charge on any atom is 0.123 e. The van der Waals surface area contributed by atoms with Crippen LogP contribution in [-0.2, 0) is 0 Å². The van der Waals surface area contributed by atoms with Crippen molar-refractivity contribution in [3.8, 4) is 5.75 Å². The van der Waals surface area contributed by atoms with Crippen LogP contribution in [-0.4, -0.2) is 5.11 Å². The van der Waals surface area contributed by atoms with E-state index in [0.29, 0.717) is 0 Å². The van der Waals surface area contributed by atoms with E-state index < -0.39 is 0 Å². The zero-order valence-electron chi connectivity index (χ0n) is 8.60. The van der Waals surface area contributed by atoms with E-state index in [-0.39, 0.29) is 11.6 Å². The topological polar surface area (TPSA) is 20.2 Å². The summed E-state index contributed by atoms with van der Waals surface area (Å²) < 4.78 is 12.9. The molecule has 2 aromatic carbocycles. The molecule has 0 radical (unpaired) electrons. The minimum atomic E-state index is -0.243. The Kier molecular flexibility index (Phi) is 3.01. The van der Waals surface area contributed by atoms with Gasteiger partial charge in [0.2, 0.25) is 0 Å². The Morgan fingerprint density at radius 1 is 0.875 bits per heavy atom. The summed E-state index contributed by atoms with van der Waals surface area (Å²) in [4.78, 5) is 0. The third-order valence-corrected chi connectivity index (χ3v) is 2.21. The molecule has 0 bridgehead atoms. The van der Waals surface area contributed by atoms with Gasteiger partial charge in [-0.15, -0.1) is 0 Å². The van der Waals surface area contributed by atoms with Crippen molar-refractivity contribution >= 4 is 12.2 Å². The molecule has 0 unspecified atom stereocenters. The van der Waals surface area contributed by atoms with Crippen molar-refractivity contribution in [2.45, 2.75) is 0 Å². The Morgan fingerprint density at radius 2 is 1.56 bits per heavy atom. The number of rotatable bonds is 2. The molecule has 2 rings (SSSR count). The number of hydrogen-bond acceptors (Lipinski definition) is 1. The van der Waals surface area contributed by atoms with Gasteiger partial charge in [-0.05, 0) is 35.4 Å². The third-order valence-electron chi connectivity index (χ3n) is 2.21. The van der Waals surface area contributed by atoms with E-state index in [4.69, 9.17) is 5.11 Å². The maximum absolute atomic E-state index is 12.9. The first-order chi connectivity index (χ1) is 7.74. The van der Waals surface area contributed by atoms with Crippen LogP contribution >= 0.6 is 0 Å². The lowest BCUT2D eigenvalue weighted by Crippen LogP contribution is -1.75. The Bertz CT molecular complexity index is 500. The van der Waals surface area contributed by atoms with Crippen molar-refractivity contribution in [2.24, 2.45) is 0 Å². The second-order valence-electron chi connectivity index (χ2n) is 3.48. The van der Waals surface area contributed by atoms with E-state index in [2.05, 4.69) is 0 Å². The number of phenols is 1. The molecule has 0 aliphatic heterocycles. The Morgan fingerprint density at radius 3 is 2.25 bits per heavy atom. The molecule has 0 fully saturated rings. The zero-order chi connectivity index (χ0) is 11.4. The van der Waals surface area contributed by atoms with Crippen LogP contribution in [0.4, 0.5) is 4.39 Å². The van der Waals surface area contributed by atoms with Crippen molar-refractivity contribution < 1.29 is 9.50 Å². The van der Waals surface area contributed by atoms with Crippen LogP contribution in [0.25, 0.3) is 12.2 Å². The molecular formula is C14H11FO. The summed E-state index contributed by atoms with van der Waals surface area (Å²) in [7, 11) is 0. The zero-order valence-corrected chi connectivity index (χ0v) is 8.60. The molecule has 16 heavy (non-hydrogen) atoms. The summed E-state index contributed by atoms with van der Waals surface area (Å²) in [6.07, 6.45) is 3.70. The van der Waals surface area contributed by atoms with Crippen LogP contribution in [0.1, 0.15) is 11.1 Å². The monoisotopic (exact) mass is 214 g/mol. The van der Waals surface area contributed by atoms with E-state index in [1.54, 1.807) is 30.3 Å². The second-order valence-corrected chi connectivity index (χ2v) is 3.48. The van der Waals surface area contributed by atoms with E-state index in [1.807, 2.05) is 18.2 Å². The first-order valence-corrected chi connectivity index (χ1v) is 4.97. The quantitative estimate of drug-likeness (QED) is 0.756. The fourth-order valence-corrected chi connectivity index (χ4v) is 1.39. The fourth-order valence-electron chi connectivity index (χ4n) is 1.39. The van der Waals surface area contributed by atoms with Crippen LogP contribution in [0.3, 0.4) is 0 Å². The van der Waals surface area contributed by atoms with Gasteiger partial charge in [0.1, 0.15) is 11.6 Å². The van der Waals surface area contributed by atoms with Crippen molar-refractivity contribution in [1.82, 2.24) is 0 Å². The van der Waals surface area contributed by atoms with Gasteiger partial charge < -0.3 is 5.11 Å². The van der Waals surface area contributed by atoms with E-state index in [0.717, 1.165) is 11.1 Å². The lowest BCUT2D eigenvalue weighted by Gasteiger charge is -1.95. The Hall–Kier alpha value is -2.09. The van der Waals surface area contributed by atoms with Crippen molar-refractivity contribution in [3.63, 3.8) is 0 Å². The van der Waals surface area contributed by atoms with Gasteiger partial charge in [0.05, 0.1) is 0 Å². The van der Waals surface area contributed by atoms with E-state index in [9.17, 15) is 4.39 Å². The van der Waals surface area contributed by atoms with Gasteiger partial charge in [0, 0.05) is 0 Å². The first-order valence-electron chi connectivity index (χ1n) is 4.97. The molecule has 1 nitrogen and oxygen atoms in total. The molecule has 1 N–H and O–H groups in total. The van der Waals surface area contributed by atoms with E-state index in [1.165, 1.54) is 12.1 Å². The molecule has 2 heteroatoms. The minimum Gasteiger partial charge on any atom is -0.508 e.